The number of nitrogens with one attached hydrogen (secondary N) is 2. The first-order valence-corrected chi connectivity index (χ1v) is 8.11. The molecular weight excluding hydrogens is 286 g/mol. The number of nitrogens with zero attached hydrogens (tertiary/aromatic N) is 3. The van der Waals surface area contributed by atoms with Gasteiger partial charge < -0.3 is 10.6 Å². The van der Waals surface area contributed by atoms with Crippen molar-refractivity contribution in [2.75, 3.05) is 7.05 Å². The summed E-state index contributed by atoms with van der Waals surface area (Å²) in [5, 5.41) is 11.1. The van der Waals surface area contributed by atoms with Gasteiger partial charge in [0.2, 0.25) is 0 Å². The van der Waals surface area contributed by atoms with Gasteiger partial charge in [-0.15, -0.1) is 0 Å². The van der Waals surface area contributed by atoms with Gasteiger partial charge in [-0.05, 0) is 30.0 Å². The number of guanidine groups is 1. The molecule has 0 spiro atoms. The SMILES string of the molecule is CN=C(NCc1ccccc1Cn1cccn1)NC(C)C(C)C. The van der Waals surface area contributed by atoms with Gasteiger partial charge >= 0.3 is 0 Å². The van der Waals surface area contributed by atoms with Crippen LogP contribution in [0.25, 0.3) is 0 Å². The van der Waals surface area contributed by atoms with Crippen LogP contribution >= 0.6 is 0 Å². The summed E-state index contributed by atoms with van der Waals surface area (Å²) in [4.78, 5) is 4.31. The number of aromatic nitrogens is 2. The Morgan fingerprint density at radius 2 is 1.91 bits per heavy atom. The van der Waals surface area contributed by atoms with Crippen LogP contribution in [0.2, 0.25) is 0 Å². The van der Waals surface area contributed by atoms with E-state index in [-0.39, 0.29) is 0 Å². The van der Waals surface area contributed by atoms with Crippen LogP contribution in [-0.4, -0.2) is 28.8 Å². The molecule has 2 aromatic rings. The Balaban J connectivity index is 1.99. The summed E-state index contributed by atoms with van der Waals surface area (Å²) in [5.41, 5.74) is 2.51. The zero-order chi connectivity index (χ0) is 16.7. The second-order valence-electron chi connectivity index (χ2n) is 6.08. The normalized spacial score (nSPS) is 13.2. The van der Waals surface area contributed by atoms with Gasteiger partial charge in [-0.2, -0.15) is 5.10 Å². The van der Waals surface area contributed by atoms with Gasteiger partial charge in [0.1, 0.15) is 0 Å². The van der Waals surface area contributed by atoms with E-state index in [0.29, 0.717) is 12.0 Å². The van der Waals surface area contributed by atoms with E-state index in [1.807, 2.05) is 16.9 Å². The highest BCUT2D eigenvalue weighted by molar-refractivity contribution is 5.79. The highest BCUT2D eigenvalue weighted by Gasteiger charge is 2.09. The predicted octanol–water partition coefficient (Wildman–Crippen LogP) is 2.64. The topological polar surface area (TPSA) is 54.2 Å². The fourth-order valence-electron chi connectivity index (χ4n) is 2.21. The molecule has 1 unspecified atom stereocenters. The van der Waals surface area contributed by atoms with Crippen molar-refractivity contribution < 1.29 is 0 Å². The van der Waals surface area contributed by atoms with Crippen LogP contribution in [0.15, 0.2) is 47.7 Å². The molecule has 2 rings (SSSR count). The lowest BCUT2D eigenvalue weighted by molar-refractivity contribution is 0.481. The van der Waals surface area contributed by atoms with Crippen LogP contribution in [0.3, 0.4) is 0 Å². The van der Waals surface area contributed by atoms with E-state index in [9.17, 15) is 0 Å². The maximum Gasteiger partial charge on any atom is 0.191 e. The monoisotopic (exact) mass is 313 g/mol. The van der Waals surface area contributed by atoms with Crippen molar-refractivity contribution in [3.63, 3.8) is 0 Å². The number of hydrogen-bond donors (Lipinski definition) is 2. The molecule has 0 amide bonds. The van der Waals surface area contributed by atoms with Crippen molar-refractivity contribution in [1.29, 1.82) is 0 Å². The van der Waals surface area contributed by atoms with Crippen molar-refractivity contribution >= 4 is 5.96 Å². The largest absolute Gasteiger partial charge is 0.354 e. The first-order valence-electron chi connectivity index (χ1n) is 8.11. The minimum Gasteiger partial charge on any atom is -0.354 e. The summed E-state index contributed by atoms with van der Waals surface area (Å²) in [6.07, 6.45) is 3.79. The van der Waals surface area contributed by atoms with Gasteiger partial charge in [0.05, 0.1) is 6.54 Å². The van der Waals surface area contributed by atoms with E-state index in [2.05, 4.69) is 65.8 Å². The van der Waals surface area contributed by atoms with E-state index in [4.69, 9.17) is 0 Å². The van der Waals surface area contributed by atoms with E-state index >= 15 is 0 Å². The second-order valence-corrected chi connectivity index (χ2v) is 6.08. The molecule has 1 aromatic carbocycles. The Bertz CT molecular complexity index is 616. The molecule has 0 aliphatic rings. The van der Waals surface area contributed by atoms with E-state index in [1.54, 1.807) is 13.2 Å². The van der Waals surface area contributed by atoms with Crippen LogP contribution in [0.1, 0.15) is 31.9 Å². The van der Waals surface area contributed by atoms with Crippen molar-refractivity contribution in [2.45, 2.75) is 39.9 Å². The zero-order valence-corrected chi connectivity index (χ0v) is 14.5. The molecule has 0 saturated carbocycles. The van der Waals surface area contributed by atoms with Gasteiger partial charge in [-0.1, -0.05) is 38.1 Å². The third-order valence-electron chi connectivity index (χ3n) is 4.04. The maximum absolute atomic E-state index is 4.31. The van der Waals surface area contributed by atoms with Crippen LogP contribution in [0, 0.1) is 5.92 Å². The second kappa shape index (κ2) is 8.36. The molecule has 1 heterocycles. The number of rotatable bonds is 6. The molecule has 0 radical (unpaired) electrons. The molecule has 0 fully saturated rings. The van der Waals surface area contributed by atoms with Gasteiger partial charge in [0.15, 0.2) is 5.96 Å². The lowest BCUT2D eigenvalue weighted by atomic mass is 10.1. The van der Waals surface area contributed by atoms with Crippen LogP contribution < -0.4 is 10.6 Å². The fourth-order valence-corrected chi connectivity index (χ4v) is 2.21. The van der Waals surface area contributed by atoms with Crippen molar-refractivity contribution in [1.82, 2.24) is 20.4 Å². The molecule has 23 heavy (non-hydrogen) atoms. The lowest BCUT2D eigenvalue weighted by Gasteiger charge is -2.21. The van der Waals surface area contributed by atoms with Crippen LogP contribution in [-0.2, 0) is 13.1 Å². The van der Waals surface area contributed by atoms with Crippen LogP contribution in [0.5, 0.6) is 0 Å². The molecule has 2 N–H and O–H groups in total. The van der Waals surface area contributed by atoms with Crippen LogP contribution in [0.4, 0.5) is 0 Å². The van der Waals surface area contributed by atoms with E-state index < -0.39 is 0 Å². The standard InChI is InChI=1S/C18H27N5/c1-14(2)15(3)22-18(19-4)20-12-16-8-5-6-9-17(16)13-23-11-7-10-21-23/h5-11,14-15H,12-13H2,1-4H3,(H2,19,20,22). The van der Waals surface area contributed by atoms with Crippen molar-refractivity contribution in [3.05, 3.63) is 53.9 Å². The Labute approximate surface area is 138 Å². The van der Waals surface area contributed by atoms with E-state index in [1.165, 1.54) is 11.1 Å². The molecule has 1 aromatic heterocycles. The summed E-state index contributed by atoms with van der Waals surface area (Å²) >= 11 is 0. The summed E-state index contributed by atoms with van der Waals surface area (Å²) < 4.78 is 1.94. The van der Waals surface area contributed by atoms with Crippen molar-refractivity contribution in [3.8, 4) is 0 Å². The van der Waals surface area contributed by atoms with Gasteiger partial charge in [-0.25, -0.2) is 0 Å². The van der Waals surface area contributed by atoms with Gasteiger partial charge in [0, 0.05) is 32.0 Å². The molecule has 0 bridgehead atoms. The Kier molecular flexibility index (Phi) is 6.20. The Morgan fingerprint density at radius 1 is 1.17 bits per heavy atom. The molecule has 0 aliphatic carbocycles. The minimum atomic E-state index is 0.375. The third kappa shape index (κ3) is 5.13. The molecule has 1 atom stereocenters. The van der Waals surface area contributed by atoms with E-state index in [0.717, 1.165) is 19.0 Å². The molecule has 5 nitrogen and oxygen atoms in total. The number of hydrogen-bond acceptors (Lipinski definition) is 2. The molecule has 5 heteroatoms. The summed E-state index contributed by atoms with van der Waals surface area (Å²) in [6.45, 7) is 8.08. The minimum absolute atomic E-state index is 0.375. The molecular formula is C18H27N5. The molecule has 0 saturated heterocycles. The first-order chi connectivity index (χ1) is 11.1. The highest BCUT2D eigenvalue weighted by Crippen LogP contribution is 2.10. The summed E-state index contributed by atoms with van der Waals surface area (Å²) in [5.74, 6) is 1.39. The molecule has 124 valence electrons. The Morgan fingerprint density at radius 3 is 2.52 bits per heavy atom. The highest BCUT2D eigenvalue weighted by atomic mass is 15.3. The lowest BCUT2D eigenvalue weighted by Crippen LogP contribution is -2.44. The summed E-state index contributed by atoms with van der Waals surface area (Å²) in [6, 6.07) is 10.7. The van der Waals surface area contributed by atoms with Gasteiger partial charge in [-0.3, -0.25) is 9.67 Å². The quantitative estimate of drug-likeness (QED) is 0.637. The average molecular weight is 313 g/mol. The summed E-state index contributed by atoms with van der Waals surface area (Å²) in [7, 11) is 1.80. The van der Waals surface area contributed by atoms with Crippen molar-refractivity contribution in [2.24, 2.45) is 10.9 Å². The maximum atomic E-state index is 4.31. The van der Waals surface area contributed by atoms with Gasteiger partial charge in [0.25, 0.3) is 0 Å². The number of benzene rings is 1. The Hall–Kier alpha value is -2.30. The smallest absolute Gasteiger partial charge is 0.191 e. The molecule has 0 aliphatic heterocycles. The first kappa shape index (κ1) is 17.1. The number of aliphatic imine (C=N–C) groups is 1. The average Bonchev–Trinajstić information content (AvgIpc) is 3.05. The predicted molar refractivity (Wildman–Crippen MR) is 95.4 cm³/mol. The zero-order valence-electron chi connectivity index (χ0n) is 14.5. The third-order valence-corrected chi connectivity index (χ3v) is 4.04. The fraction of sp³-hybridized carbons (Fsp3) is 0.444.